The Morgan fingerprint density at radius 3 is 3.12 bits per heavy atom. The lowest BCUT2D eigenvalue weighted by molar-refractivity contribution is 0.107. The van der Waals surface area contributed by atoms with Crippen LogP contribution in [0.5, 0.6) is 0 Å². The van der Waals surface area contributed by atoms with E-state index < -0.39 is 0 Å². The highest BCUT2D eigenvalue weighted by Gasteiger charge is 2.14. The van der Waals surface area contributed by atoms with Crippen LogP contribution in [0.15, 0.2) is 12.1 Å². The molecule has 3 N–H and O–H groups in total. The zero-order valence-electron chi connectivity index (χ0n) is 9.70. The number of aromatic nitrogens is 1. The zero-order chi connectivity index (χ0) is 11.4. The fourth-order valence-electron chi connectivity index (χ4n) is 1.90. The van der Waals surface area contributed by atoms with Gasteiger partial charge in [0.15, 0.2) is 0 Å². The van der Waals surface area contributed by atoms with Gasteiger partial charge in [0, 0.05) is 13.2 Å². The fourth-order valence-corrected chi connectivity index (χ4v) is 1.90. The van der Waals surface area contributed by atoms with Crippen molar-refractivity contribution in [3.05, 3.63) is 17.8 Å². The van der Waals surface area contributed by atoms with Crippen molar-refractivity contribution >= 4 is 11.5 Å². The van der Waals surface area contributed by atoms with E-state index in [1.54, 1.807) is 0 Å². The predicted octanol–water partition coefficient (Wildman–Crippen LogP) is 1.95. The number of nitrogens with two attached hydrogens (primary N) is 1. The first-order valence-electron chi connectivity index (χ1n) is 5.84. The van der Waals surface area contributed by atoms with E-state index >= 15 is 0 Å². The molecule has 0 saturated carbocycles. The lowest BCUT2D eigenvalue weighted by Crippen LogP contribution is -2.13. The van der Waals surface area contributed by atoms with Gasteiger partial charge in [-0.15, -0.1) is 0 Å². The highest BCUT2D eigenvalue weighted by atomic mass is 16.5. The molecule has 0 spiro atoms. The molecule has 1 fully saturated rings. The van der Waals surface area contributed by atoms with Crippen molar-refractivity contribution in [1.29, 1.82) is 0 Å². The summed E-state index contributed by atoms with van der Waals surface area (Å²) in [4.78, 5) is 4.36. The predicted molar refractivity (Wildman–Crippen MR) is 65.5 cm³/mol. The molecule has 0 radical (unpaired) electrons. The number of ether oxygens (including phenoxy) is 1. The second-order valence-electron chi connectivity index (χ2n) is 4.22. The molecule has 1 aliphatic heterocycles. The minimum absolute atomic E-state index is 0.433. The van der Waals surface area contributed by atoms with Crippen LogP contribution in [-0.2, 0) is 4.74 Å². The van der Waals surface area contributed by atoms with Crippen LogP contribution in [0.1, 0.15) is 25.0 Å². The van der Waals surface area contributed by atoms with Crippen LogP contribution in [-0.4, -0.2) is 24.2 Å². The molecule has 1 aliphatic rings. The van der Waals surface area contributed by atoms with E-state index in [2.05, 4.69) is 10.3 Å². The number of hydrogen-bond acceptors (Lipinski definition) is 4. The fraction of sp³-hybridized carbons (Fsp3) is 0.583. The molecule has 2 rings (SSSR count). The van der Waals surface area contributed by atoms with E-state index in [-0.39, 0.29) is 0 Å². The number of aryl methyl sites for hydroxylation is 1. The van der Waals surface area contributed by atoms with Gasteiger partial charge >= 0.3 is 0 Å². The summed E-state index contributed by atoms with van der Waals surface area (Å²) in [6.07, 6.45) is 3.87. The highest BCUT2D eigenvalue weighted by Crippen LogP contribution is 2.16. The summed E-state index contributed by atoms with van der Waals surface area (Å²) in [7, 11) is 0. The van der Waals surface area contributed by atoms with Crippen molar-refractivity contribution < 1.29 is 4.74 Å². The molecular formula is C12H19N3O. The van der Waals surface area contributed by atoms with E-state index in [1.165, 1.54) is 12.8 Å². The topological polar surface area (TPSA) is 60.2 Å². The Morgan fingerprint density at radius 2 is 2.44 bits per heavy atom. The van der Waals surface area contributed by atoms with Gasteiger partial charge < -0.3 is 15.8 Å². The van der Waals surface area contributed by atoms with Gasteiger partial charge in [0.2, 0.25) is 0 Å². The number of nitrogen functional groups attached to an aromatic ring is 1. The van der Waals surface area contributed by atoms with E-state index in [0.29, 0.717) is 6.10 Å². The molecule has 4 nitrogen and oxygen atoms in total. The van der Waals surface area contributed by atoms with Crippen LogP contribution in [0.4, 0.5) is 11.5 Å². The van der Waals surface area contributed by atoms with Crippen LogP contribution < -0.4 is 11.1 Å². The standard InChI is InChI=1S/C12H19N3O/c1-9-11(13)4-5-12(15-9)14-7-6-10-3-2-8-16-10/h4-5,10H,2-3,6-8,13H2,1H3,(H,14,15). The Balaban J connectivity index is 1.78. The normalized spacial score (nSPS) is 19.9. The third-order valence-electron chi connectivity index (χ3n) is 2.92. The van der Waals surface area contributed by atoms with Crippen molar-refractivity contribution in [2.75, 3.05) is 24.2 Å². The lowest BCUT2D eigenvalue weighted by Gasteiger charge is -2.11. The quantitative estimate of drug-likeness (QED) is 0.816. The van der Waals surface area contributed by atoms with E-state index in [4.69, 9.17) is 10.5 Å². The summed E-state index contributed by atoms with van der Waals surface area (Å²) in [5.41, 5.74) is 7.32. The Hall–Kier alpha value is -1.29. The van der Waals surface area contributed by atoms with Crippen molar-refractivity contribution in [3.63, 3.8) is 0 Å². The Labute approximate surface area is 96.2 Å². The maximum absolute atomic E-state index is 5.71. The summed E-state index contributed by atoms with van der Waals surface area (Å²) >= 11 is 0. The minimum atomic E-state index is 0.433. The third-order valence-corrected chi connectivity index (χ3v) is 2.92. The molecule has 0 aromatic carbocycles. The van der Waals surface area contributed by atoms with Gasteiger partial charge in [-0.25, -0.2) is 4.98 Å². The molecule has 1 atom stereocenters. The first-order chi connectivity index (χ1) is 7.75. The average molecular weight is 221 g/mol. The van der Waals surface area contributed by atoms with Gasteiger partial charge in [0.25, 0.3) is 0 Å². The lowest BCUT2D eigenvalue weighted by atomic mass is 10.2. The molecule has 0 amide bonds. The van der Waals surface area contributed by atoms with Gasteiger partial charge in [0.1, 0.15) is 5.82 Å². The second kappa shape index (κ2) is 5.16. The summed E-state index contributed by atoms with van der Waals surface area (Å²) in [5.74, 6) is 0.893. The van der Waals surface area contributed by atoms with E-state index in [9.17, 15) is 0 Å². The van der Waals surface area contributed by atoms with Crippen LogP contribution in [0, 0.1) is 6.92 Å². The van der Waals surface area contributed by atoms with Gasteiger partial charge in [-0.05, 0) is 38.3 Å². The number of nitrogens with one attached hydrogen (secondary N) is 1. The maximum atomic E-state index is 5.71. The van der Waals surface area contributed by atoms with Crippen molar-refractivity contribution in [3.8, 4) is 0 Å². The largest absolute Gasteiger partial charge is 0.397 e. The smallest absolute Gasteiger partial charge is 0.126 e. The molecule has 1 unspecified atom stereocenters. The van der Waals surface area contributed by atoms with Crippen LogP contribution in [0.25, 0.3) is 0 Å². The van der Waals surface area contributed by atoms with Gasteiger partial charge in [-0.1, -0.05) is 0 Å². The molecule has 88 valence electrons. The minimum Gasteiger partial charge on any atom is -0.397 e. The molecule has 1 saturated heterocycles. The van der Waals surface area contributed by atoms with Crippen LogP contribution >= 0.6 is 0 Å². The van der Waals surface area contributed by atoms with Gasteiger partial charge in [0.05, 0.1) is 17.5 Å². The van der Waals surface area contributed by atoms with Crippen LogP contribution in [0.2, 0.25) is 0 Å². The summed E-state index contributed by atoms with van der Waals surface area (Å²) < 4.78 is 5.55. The maximum Gasteiger partial charge on any atom is 0.126 e. The van der Waals surface area contributed by atoms with Gasteiger partial charge in [-0.2, -0.15) is 0 Å². The first-order valence-corrected chi connectivity index (χ1v) is 5.84. The van der Waals surface area contributed by atoms with Crippen molar-refractivity contribution in [2.45, 2.75) is 32.3 Å². The summed E-state index contributed by atoms with van der Waals surface area (Å²) in [6.45, 7) is 3.74. The first kappa shape index (κ1) is 11.2. The zero-order valence-corrected chi connectivity index (χ0v) is 9.70. The van der Waals surface area contributed by atoms with Crippen LogP contribution in [0.3, 0.4) is 0 Å². The summed E-state index contributed by atoms with van der Waals surface area (Å²) in [6, 6.07) is 3.80. The Kier molecular flexibility index (Phi) is 3.62. The number of rotatable bonds is 4. The second-order valence-corrected chi connectivity index (χ2v) is 4.22. The van der Waals surface area contributed by atoms with E-state index in [1.807, 2.05) is 19.1 Å². The third kappa shape index (κ3) is 2.85. The average Bonchev–Trinajstić information content (AvgIpc) is 2.76. The number of nitrogens with zero attached hydrogens (tertiary/aromatic N) is 1. The molecule has 2 heterocycles. The SMILES string of the molecule is Cc1nc(NCCC2CCCO2)ccc1N. The Bertz CT molecular complexity index is 348. The molecule has 0 bridgehead atoms. The summed E-state index contributed by atoms with van der Waals surface area (Å²) in [5, 5.41) is 3.29. The molecule has 1 aromatic heterocycles. The Morgan fingerprint density at radius 1 is 1.56 bits per heavy atom. The molecular weight excluding hydrogens is 202 g/mol. The number of hydrogen-bond donors (Lipinski definition) is 2. The van der Waals surface area contributed by atoms with Gasteiger partial charge in [-0.3, -0.25) is 0 Å². The number of anilines is 2. The van der Waals surface area contributed by atoms with Crippen molar-refractivity contribution in [2.24, 2.45) is 0 Å². The highest BCUT2D eigenvalue weighted by molar-refractivity contribution is 5.48. The number of pyridine rings is 1. The van der Waals surface area contributed by atoms with E-state index in [0.717, 1.165) is 36.8 Å². The monoisotopic (exact) mass is 221 g/mol. The molecule has 0 aliphatic carbocycles. The molecule has 4 heteroatoms. The molecule has 16 heavy (non-hydrogen) atoms. The van der Waals surface area contributed by atoms with Crippen molar-refractivity contribution in [1.82, 2.24) is 4.98 Å². The molecule has 1 aromatic rings.